The molecular weight excluding hydrogens is 250 g/mol. The van der Waals surface area contributed by atoms with Crippen molar-refractivity contribution in [3.05, 3.63) is 18.2 Å². The molecule has 0 radical (unpaired) electrons. The summed E-state index contributed by atoms with van der Waals surface area (Å²) in [6.07, 6.45) is 0.689. The number of carbonyl (C=O) groups excluding carboxylic acids is 1. The van der Waals surface area contributed by atoms with Gasteiger partial charge in [-0.1, -0.05) is 13.8 Å². The number of amides is 1. The molecule has 0 saturated carbocycles. The zero-order valence-electron chi connectivity index (χ0n) is 10.9. The van der Waals surface area contributed by atoms with Crippen LogP contribution in [-0.2, 0) is 9.59 Å². The Balaban J connectivity index is 0.000000312. The van der Waals surface area contributed by atoms with Gasteiger partial charge in [0.15, 0.2) is 11.5 Å². The Morgan fingerprint density at radius 3 is 2.42 bits per heavy atom. The number of fused-ring (bicyclic) bond motifs is 1. The average molecular weight is 267 g/mol. The zero-order valence-corrected chi connectivity index (χ0v) is 10.9. The molecule has 0 unspecified atom stereocenters. The monoisotopic (exact) mass is 267 g/mol. The van der Waals surface area contributed by atoms with Crippen LogP contribution in [0.4, 0.5) is 5.69 Å². The number of carbonyl (C=O) groups is 2. The summed E-state index contributed by atoms with van der Waals surface area (Å²) in [5.74, 6) is 0.646. The van der Waals surface area contributed by atoms with Gasteiger partial charge >= 0.3 is 5.97 Å². The molecule has 1 aromatic rings. The minimum absolute atomic E-state index is 0.0103. The third-order valence-corrected chi connectivity index (χ3v) is 2.28. The highest BCUT2D eigenvalue weighted by atomic mass is 16.7. The number of ether oxygens (including phenoxy) is 2. The van der Waals surface area contributed by atoms with Gasteiger partial charge in [0.2, 0.25) is 12.7 Å². The molecule has 6 heteroatoms. The van der Waals surface area contributed by atoms with E-state index >= 15 is 0 Å². The van der Waals surface area contributed by atoms with Crippen LogP contribution < -0.4 is 14.8 Å². The maximum Gasteiger partial charge on any atom is 0.303 e. The predicted molar refractivity (Wildman–Crippen MR) is 69.4 cm³/mol. The lowest BCUT2D eigenvalue weighted by Crippen LogP contribution is -2.09. The Morgan fingerprint density at radius 1 is 1.21 bits per heavy atom. The number of carboxylic acids is 1. The largest absolute Gasteiger partial charge is 0.481 e. The van der Waals surface area contributed by atoms with Gasteiger partial charge in [0, 0.05) is 24.6 Å². The molecule has 2 rings (SSSR count). The smallest absolute Gasteiger partial charge is 0.303 e. The van der Waals surface area contributed by atoms with Crippen molar-refractivity contribution in [2.24, 2.45) is 0 Å². The first kappa shape index (κ1) is 14.8. The Labute approximate surface area is 111 Å². The number of hydrogen-bond acceptors (Lipinski definition) is 4. The van der Waals surface area contributed by atoms with Crippen molar-refractivity contribution < 1.29 is 24.2 Å². The summed E-state index contributed by atoms with van der Waals surface area (Å²) >= 11 is 0. The Kier molecular flexibility index (Phi) is 5.66. The van der Waals surface area contributed by atoms with Crippen molar-refractivity contribution in [3.8, 4) is 11.5 Å². The molecule has 0 spiro atoms. The number of anilines is 1. The van der Waals surface area contributed by atoms with Crippen LogP contribution in [0.1, 0.15) is 26.7 Å². The summed E-state index contributed by atoms with van der Waals surface area (Å²) in [5, 5.41) is 10.5. The van der Waals surface area contributed by atoms with Crippen molar-refractivity contribution in [1.82, 2.24) is 0 Å². The number of carboxylic acid groups (broad SMARTS) is 1. The van der Waals surface area contributed by atoms with Gasteiger partial charge in [-0.15, -0.1) is 0 Å². The topological polar surface area (TPSA) is 84.9 Å². The van der Waals surface area contributed by atoms with Crippen LogP contribution in [0.5, 0.6) is 11.5 Å². The molecule has 0 aliphatic carbocycles. The third-order valence-electron chi connectivity index (χ3n) is 2.28. The van der Waals surface area contributed by atoms with Crippen LogP contribution in [0.25, 0.3) is 0 Å². The number of rotatable bonds is 3. The number of nitrogens with one attached hydrogen (secondary N) is 1. The highest BCUT2D eigenvalue weighted by Crippen LogP contribution is 2.34. The van der Waals surface area contributed by atoms with E-state index in [1.165, 1.54) is 0 Å². The molecular formula is C13H17NO5. The first-order valence-electron chi connectivity index (χ1n) is 5.98. The zero-order chi connectivity index (χ0) is 14.3. The first-order chi connectivity index (χ1) is 9.06. The Bertz CT molecular complexity index is 458. The quantitative estimate of drug-likeness (QED) is 0.877. The average Bonchev–Trinajstić information content (AvgIpc) is 2.86. The predicted octanol–water partition coefficient (Wildman–Crippen LogP) is 2.24. The molecule has 0 atom stereocenters. The van der Waals surface area contributed by atoms with Gasteiger partial charge in [0.05, 0.1) is 0 Å². The van der Waals surface area contributed by atoms with Gasteiger partial charge in [-0.3, -0.25) is 9.59 Å². The van der Waals surface area contributed by atoms with Gasteiger partial charge in [0.1, 0.15) is 0 Å². The first-order valence-corrected chi connectivity index (χ1v) is 5.98. The maximum atomic E-state index is 11.1. The van der Waals surface area contributed by atoms with Crippen molar-refractivity contribution in [2.45, 2.75) is 26.7 Å². The molecule has 0 aromatic heterocycles. The molecule has 2 N–H and O–H groups in total. The molecule has 1 aromatic carbocycles. The Hall–Kier alpha value is -2.24. The molecule has 0 bridgehead atoms. The van der Waals surface area contributed by atoms with Crippen molar-refractivity contribution in [1.29, 1.82) is 0 Å². The molecule has 1 heterocycles. The summed E-state index contributed by atoms with van der Waals surface area (Å²) in [5.41, 5.74) is 0.737. The molecule has 6 nitrogen and oxygen atoms in total. The maximum absolute atomic E-state index is 11.1. The minimum Gasteiger partial charge on any atom is -0.481 e. The SMILES string of the molecule is CCC(=O)Nc1ccc2c(c1)OCO2.CCC(=O)O. The van der Waals surface area contributed by atoms with Gasteiger partial charge in [0.25, 0.3) is 0 Å². The number of benzene rings is 1. The van der Waals surface area contributed by atoms with Crippen LogP contribution in [0.15, 0.2) is 18.2 Å². The van der Waals surface area contributed by atoms with E-state index in [1.807, 2.05) is 6.92 Å². The standard InChI is InChI=1S/C10H11NO3.C3H6O2/c1-2-10(12)11-7-3-4-8-9(5-7)14-6-13-8;1-2-3(4)5/h3-5H,2,6H2,1H3,(H,11,12);2H2,1H3,(H,4,5). The van der Waals surface area contributed by atoms with E-state index < -0.39 is 5.97 Å². The fraction of sp³-hybridized carbons (Fsp3) is 0.385. The second-order valence-electron chi connectivity index (χ2n) is 3.72. The summed E-state index contributed by atoms with van der Waals surface area (Å²) in [7, 11) is 0. The van der Waals surface area contributed by atoms with E-state index in [0.29, 0.717) is 12.2 Å². The van der Waals surface area contributed by atoms with Gasteiger partial charge in [-0.25, -0.2) is 0 Å². The molecule has 1 aliphatic rings. The summed E-state index contributed by atoms with van der Waals surface area (Å²) in [6.45, 7) is 3.66. The molecule has 0 saturated heterocycles. The molecule has 19 heavy (non-hydrogen) atoms. The Morgan fingerprint density at radius 2 is 1.84 bits per heavy atom. The lowest BCUT2D eigenvalue weighted by Gasteiger charge is -2.03. The van der Waals surface area contributed by atoms with Crippen molar-refractivity contribution in [3.63, 3.8) is 0 Å². The van der Waals surface area contributed by atoms with Crippen molar-refractivity contribution >= 4 is 17.6 Å². The molecule has 1 aliphatic heterocycles. The summed E-state index contributed by atoms with van der Waals surface area (Å²) < 4.78 is 10.3. The summed E-state index contributed by atoms with van der Waals surface area (Å²) in [6, 6.07) is 5.34. The highest BCUT2D eigenvalue weighted by molar-refractivity contribution is 5.90. The normalized spacial score (nSPS) is 11.3. The van der Waals surface area contributed by atoms with Crippen LogP contribution >= 0.6 is 0 Å². The van der Waals surface area contributed by atoms with E-state index in [1.54, 1.807) is 25.1 Å². The molecule has 1 amide bonds. The molecule has 104 valence electrons. The van der Waals surface area contributed by atoms with Gasteiger partial charge in [-0.05, 0) is 12.1 Å². The number of aliphatic carboxylic acids is 1. The van der Waals surface area contributed by atoms with Crippen LogP contribution in [0.3, 0.4) is 0 Å². The lowest BCUT2D eigenvalue weighted by molar-refractivity contribution is -0.136. The molecule has 0 fully saturated rings. The minimum atomic E-state index is -0.745. The van der Waals surface area contributed by atoms with Crippen molar-refractivity contribution in [2.75, 3.05) is 12.1 Å². The van der Waals surface area contributed by atoms with Crippen LogP contribution in [0, 0.1) is 0 Å². The van der Waals surface area contributed by atoms with E-state index in [4.69, 9.17) is 14.6 Å². The lowest BCUT2D eigenvalue weighted by atomic mass is 10.2. The summed E-state index contributed by atoms with van der Waals surface area (Å²) in [4.78, 5) is 20.5. The fourth-order valence-electron chi connectivity index (χ4n) is 1.22. The van der Waals surface area contributed by atoms with Gasteiger partial charge < -0.3 is 19.9 Å². The van der Waals surface area contributed by atoms with E-state index in [-0.39, 0.29) is 19.1 Å². The van der Waals surface area contributed by atoms with Gasteiger partial charge in [-0.2, -0.15) is 0 Å². The highest BCUT2D eigenvalue weighted by Gasteiger charge is 2.13. The fourth-order valence-corrected chi connectivity index (χ4v) is 1.22. The third kappa shape index (κ3) is 4.87. The van der Waals surface area contributed by atoms with E-state index in [2.05, 4.69) is 5.32 Å². The van der Waals surface area contributed by atoms with E-state index in [9.17, 15) is 9.59 Å². The number of hydrogen-bond donors (Lipinski definition) is 2. The van der Waals surface area contributed by atoms with E-state index in [0.717, 1.165) is 11.4 Å². The van der Waals surface area contributed by atoms with Crippen LogP contribution in [0.2, 0.25) is 0 Å². The van der Waals surface area contributed by atoms with Crippen LogP contribution in [-0.4, -0.2) is 23.8 Å². The second-order valence-corrected chi connectivity index (χ2v) is 3.72. The second kappa shape index (κ2) is 7.25.